The van der Waals surface area contributed by atoms with Crippen molar-refractivity contribution in [1.82, 2.24) is 4.98 Å². The molecule has 0 unspecified atom stereocenters. The van der Waals surface area contributed by atoms with Gasteiger partial charge in [-0.05, 0) is 58.9 Å². The summed E-state index contributed by atoms with van der Waals surface area (Å²) in [6, 6.07) is 4.31. The Morgan fingerprint density at radius 2 is 1.65 bits per heavy atom. The number of rotatable bonds is 2. The van der Waals surface area contributed by atoms with E-state index in [1.165, 1.54) is 30.6 Å². The van der Waals surface area contributed by atoms with Crippen LogP contribution in [0.1, 0.15) is 40.5 Å². The van der Waals surface area contributed by atoms with Gasteiger partial charge in [0.05, 0.1) is 16.6 Å². The summed E-state index contributed by atoms with van der Waals surface area (Å²) in [6.07, 6.45) is 7.37. The highest BCUT2D eigenvalue weighted by molar-refractivity contribution is 7.65. The molecule has 0 atom stereocenters. The van der Waals surface area contributed by atoms with Crippen LogP contribution in [0.25, 0.3) is 0 Å². The Kier molecular flexibility index (Phi) is 3.69. The van der Waals surface area contributed by atoms with E-state index in [2.05, 4.69) is 44.8 Å². The van der Waals surface area contributed by atoms with Crippen molar-refractivity contribution in [1.29, 1.82) is 0 Å². The van der Waals surface area contributed by atoms with Crippen molar-refractivity contribution < 1.29 is 9.31 Å². The Hall–Kier alpha value is -0.435. The number of hydrogen-bond acceptors (Lipinski definition) is 3. The monoisotopic (exact) mass is 291 g/mol. The maximum atomic E-state index is 6.06. The molecule has 108 valence electrons. The second kappa shape index (κ2) is 5.08. The second-order valence-corrected chi connectivity index (χ2v) is 9.16. The van der Waals surface area contributed by atoms with E-state index in [-0.39, 0.29) is 26.2 Å². The maximum Gasteiger partial charge on any atom is 0.496 e. The first-order chi connectivity index (χ1) is 9.39. The van der Waals surface area contributed by atoms with Crippen molar-refractivity contribution in [3.8, 4) is 0 Å². The number of aromatic nitrogens is 1. The van der Waals surface area contributed by atoms with E-state index in [4.69, 9.17) is 9.31 Å². The van der Waals surface area contributed by atoms with E-state index < -0.39 is 0 Å². The van der Waals surface area contributed by atoms with Crippen LogP contribution < -0.4 is 10.9 Å². The molecule has 3 nitrogen and oxygen atoms in total. The van der Waals surface area contributed by atoms with Crippen LogP contribution >= 0.6 is 7.92 Å². The van der Waals surface area contributed by atoms with Gasteiger partial charge in [-0.1, -0.05) is 14.0 Å². The van der Waals surface area contributed by atoms with Crippen LogP contribution in [-0.4, -0.2) is 35.6 Å². The van der Waals surface area contributed by atoms with Gasteiger partial charge in [0, 0.05) is 11.7 Å². The molecule has 0 bridgehead atoms. The molecule has 5 heteroatoms. The lowest BCUT2D eigenvalue weighted by molar-refractivity contribution is 0.00578. The van der Waals surface area contributed by atoms with Crippen LogP contribution in [0.5, 0.6) is 0 Å². The molecular formula is C15H23BNO2P. The molecule has 20 heavy (non-hydrogen) atoms. The van der Waals surface area contributed by atoms with Crippen LogP contribution in [0.2, 0.25) is 0 Å². The summed E-state index contributed by atoms with van der Waals surface area (Å²) in [5.41, 5.74) is 1.75. The summed E-state index contributed by atoms with van der Waals surface area (Å²) < 4.78 is 12.1. The van der Waals surface area contributed by atoms with Gasteiger partial charge in [0.1, 0.15) is 0 Å². The molecule has 2 aliphatic heterocycles. The van der Waals surface area contributed by atoms with Gasteiger partial charge >= 0.3 is 7.12 Å². The second-order valence-electron chi connectivity index (χ2n) is 6.73. The smallest absolute Gasteiger partial charge is 0.399 e. The third kappa shape index (κ3) is 2.54. The summed E-state index contributed by atoms with van der Waals surface area (Å²) in [5.74, 6) is 0. The lowest BCUT2D eigenvalue weighted by Gasteiger charge is -2.32. The van der Waals surface area contributed by atoms with Gasteiger partial charge in [0.2, 0.25) is 0 Å². The molecule has 2 aliphatic rings. The third-order valence-electron chi connectivity index (χ3n) is 4.73. The van der Waals surface area contributed by atoms with Crippen LogP contribution in [0.15, 0.2) is 18.3 Å². The van der Waals surface area contributed by atoms with E-state index in [0.29, 0.717) is 0 Å². The molecule has 2 saturated heterocycles. The summed E-state index contributed by atoms with van der Waals surface area (Å²) in [7, 11) is -0.289. The van der Waals surface area contributed by atoms with Gasteiger partial charge in [0.15, 0.2) is 0 Å². The van der Waals surface area contributed by atoms with Crippen molar-refractivity contribution in [3.63, 3.8) is 0 Å². The van der Waals surface area contributed by atoms with Gasteiger partial charge in [-0.15, -0.1) is 0 Å². The Bertz CT molecular complexity index is 467. The molecule has 0 N–H and O–H groups in total. The SMILES string of the molecule is CC1(C)OB(c2ccc(P3CCCC3)nc2)OC1(C)C. The molecule has 0 amide bonds. The summed E-state index contributed by atoms with van der Waals surface area (Å²) in [5, 5.41) is 0. The first-order valence-electron chi connectivity index (χ1n) is 7.46. The summed E-state index contributed by atoms with van der Waals surface area (Å²) in [6.45, 7) is 8.32. The maximum absolute atomic E-state index is 6.06. The predicted octanol–water partition coefficient (Wildman–Crippen LogP) is 2.28. The minimum atomic E-state index is -0.294. The molecule has 0 radical (unpaired) electrons. The zero-order valence-electron chi connectivity index (χ0n) is 12.8. The highest BCUT2D eigenvalue weighted by atomic mass is 31.1. The van der Waals surface area contributed by atoms with Crippen molar-refractivity contribution in [2.24, 2.45) is 0 Å². The Morgan fingerprint density at radius 1 is 1.05 bits per heavy atom. The largest absolute Gasteiger partial charge is 0.496 e. The van der Waals surface area contributed by atoms with Crippen molar-refractivity contribution in [2.45, 2.75) is 51.7 Å². The standard InChI is InChI=1S/C15H23BNO2P/c1-14(2)15(3,4)19-16(18-14)12-7-8-13(17-11-12)20-9-5-6-10-20/h7-8,11H,5-6,9-10H2,1-4H3. The molecule has 0 aromatic carbocycles. The van der Waals surface area contributed by atoms with Crippen LogP contribution in [-0.2, 0) is 9.31 Å². The van der Waals surface area contributed by atoms with E-state index in [9.17, 15) is 0 Å². The molecule has 3 heterocycles. The van der Waals surface area contributed by atoms with Gasteiger partial charge in [-0.3, -0.25) is 4.98 Å². The van der Waals surface area contributed by atoms with Gasteiger partial charge in [0.25, 0.3) is 0 Å². The van der Waals surface area contributed by atoms with Crippen molar-refractivity contribution in [2.75, 3.05) is 12.3 Å². The Morgan fingerprint density at radius 3 is 2.15 bits per heavy atom. The minimum absolute atomic E-state index is 0.00455. The number of pyridine rings is 1. The highest BCUT2D eigenvalue weighted by Gasteiger charge is 2.51. The molecule has 1 aromatic rings. The molecule has 2 fully saturated rings. The Labute approximate surface area is 123 Å². The Balaban J connectivity index is 1.75. The molecule has 1 aromatic heterocycles. The quantitative estimate of drug-likeness (QED) is 0.619. The highest BCUT2D eigenvalue weighted by Crippen LogP contribution is 2.41. The third-order valence-corrected chi connectivity index (χ3v) is 7.35. The molecule has 0 saturated carbocycles. The van der Waals surface area contributed by atoms with Crippen molar-refractivity contribution >= 4 is 25.9 Å². The molecule has 0 aliphatic carbocycles. The molecule has 0 spiro atoms. The lowest BCUT2D eigenvalue weighted by Crippen LogP contribution is -2.41. The van der Waals surface area contributed by atoms with Crippen LogP contribution in [0.3, 0.4) is 0 Å². The minimum Gasteiger partial charge on any atom is -0.399 e. The van der Waals surface area contributed by atoms with Gasteiger partial charge in [-0.25, -0.2) is 0 Å². The summed E-state index contributed by atoms with van der Waals surface area (Å²) >= 11 is 0. The van der Waals surface area contributed by atoms with E-state index in [0.717, 1.165) is 5.46 Å². The van der Waals surface area contributed by atoms with E-state index >= 15 is 0 Å². The molecular weight excluding hydrogens is 268 g/mol. The predicted molar refractivity (Wildman–Crippen MR) is 85.5 cm³/mol. The van der Waals surface area contributed by atoms with Gasteiger partial charge in [-0.2, -0.15) is 0 Å². The zero-order valence-corrected chi connectivity index (χ0v) is 13.7. The lowest BCUT2D eigenvalue weighted by atomic mass is 9.80. The van der Waals surface area contributed by atoms with Crippen LogP contribution in [0.4, 0.5) is 0 Å². The van der Waals surface area contributed by atoms with Crippen molar-refractivity contribution in [3.05, 3.63) is 18.3 Å². The average molecular weight is 291 g/mol. The normalized spacial score (nSPS) is 25.3. The zero-order chi connectivity index (χ0) is 14.4. The van der Waals surface area contributed by atoms with Crippen LogP contribution in [0, 0.1) is 0 Å². The first kappa shape index (κ1) is 14.5. The fourth-order valence-electron chi connectivity index (χ4n) is 2.65. The first-order valence-corrected chi connectivity index (χ1v) is 9.17. The number of hydrogen-bond donors (Lipinski definition) is 0. The number of nitrogens with zero attached hydrogens (tertiary/aromatic N) is 1. The fraction of sp³-hybridized carbons (Fsp3) is 0.667. The summed E-state index contributed by atoms with van der Waals surface area (Å²) in [4.78, 5) is 4.67. The van der Waals surface area contributed by atoms with E-state index in [1.54, 1.807) is 0 Å². The topological polar surface area (TPSA) is 31.4 Å². The van der Waals surface area contributed by atoms with E-state index in [1.807, 2.05) is 6.20 Å². The fourth-order valence-corrected chi connectivity index (χ4v) is 5.05. The molecule has 3 rings (SSSR count). The average Bonchev–Trinajstić information content (AvgIpc) is 2.97. The van der Waals surface area contributed by atoms with Gasteiger partial charge < -0.3 is 9.31 Å².